The SMILES string of the molecule is Cc1ccc(NC(=O)CCNC(=O)/C=C/c2ccsc2)nc1. The molecule has 22 heavy (non-hydrogen) atoms. The molecular formula is C16H17N3O2S. The van der Waals surface area contributed by atoms with Gasteiger partial charge in [0, 0.05) is 25.2 Å². The minimum Gasteiger partial charge on any atom is -0.352 e. The lowest BCUT2D eigenvalue weighted by Crippen LogP contribution is -2.26. The molecule has 2 aromatic rings. The zero-order chi connectivity index (χ0) is 15.8. The zero-order valence-electron chi connectivity index (χ0n) is 12.2. The van der Waals surface area contributed by atoms with Crippen molar-refractivity contribution in [1.29, 1.82) is 0 Å². The van der Waals surface area contributed by atoms with Gasteiger partial charge in [-0.2, -0.15) is 11.3 Å². The number of hydrogen-bond donors (Lipinski definition) is 2. The quantitative estimate of drug-likeness (QED) is 0.805. The lowest BCUT2D eigenvalue weighted by Gasteiger charge is -2.05. The summed E-state index contributed by atoms with van der Waals surface area (Å²) in [5.74, 6) is 0.116. The van der Waals surface area contributed by atoms with E-state index in [4.69, 9.17) is 0 Å². The van der Waals surface area contributed by atoms with Crippen LogP contribution in [0.2, 0.25) is 0 Å². The molecule has 0 aliphatic rings. The topological polar surface area (TPSA) is 71.1 Å². The Morgan fingerprint density at radius 1 is 1.32 bits per heavy atom. The predicted octanol–water partition coefficient (Wildman–Crippen LogP) is 2.61. The number of anilines is 1. The molecule has 2 rings (SSSR count). The van der Waals surface area contributed by atoms with Crippen molar-refractivity contribution in [2.24, 2.45) is 0 Å². The summed E-state index contributed by atoms with van der Waals surface area (Å²) in [5, 5.41) is 9.24. The van der Waals surface area contributed by atoms with E-state index in [1.165, 1.54) is 6.08 Å². The predicted molar refractivity (Wildman–Crippen MR) is 88.6 cm³/mol. The molecule has 0 aliphatic heterocycles. The van der Waals surface area contributed by atoms with Gasteiger partial charge in [0.25, 0.3) is 0 Å². The van der Waals surface area contributed by atoms with Gasteiger partial charge in [-0.05, 0) is 47.0 Å². The van der Waals surface area contributed by atoms with Crippen LogP contribution in [0.5, 0.6) is 0 Å². The number of thiophene rings is 1. The van der Waals surface area contributed by atoms with Gasteiger partial charge in [-0.1, -0.05) is 6.07 Å². The largest absolute Gasteiger partial charge is 0.352 e. The van der Waals surface area contributed by atoms with E-state index in [9.17, 15) is 9.59 Å². The van der Waals surface area contributed by atoms with Crippen LogP contribution >= 0.6 is 11.3 Å². The van der Waals surface area contributed by atoms with Crippen LogP contribution in [0.15, 0.2) is 41.2 Å². The number of carbonyl (C=O) groups excluding carboxylic acids is 2. The fourth-order valence-corrected chi connectivity index (χ4v) is 2.28. The Morgan fingerprint density at radius 3 is 2.86 bits per heavy atom. The molecule has 6 heteroatoms. The molecule has 0 fully saturated rings. The number of amides is 2. The second-order valence-electron chi connectivity index (χ2n) is 4.70. The summed E-state index contributed by atoms with van der Waals surface area (Å²) in [7, 11) is 0. The highest BCUT2D eigenvalue weighted by molar-refractivity contribution is 7.08. The van der Waals surface area contributed by atoms with Gasteiger partial charge in [0.1, 0.15) is 5.82 Å². The molecule has 0 spiro atoms. The first-order valence-electron chi connectivity index (χ1n) is 6.84. The normalized spacial score (nSPS) is 10.6. The van der Waals surface area contributed by atoms with Crippen molar-refractivity contribution in [3.8, 4) is 0 Å². The number of hydrogen-bond acceptors (Lipinski definition) is 4. The average molecular weight is 315 g/mol. The third-order valence-electron chi connectivity index (χ3n) is 2.80. The fourth-order valence-electron chi connectivity index (χ4n) is 1.65. The van der Waals surface area contributed by atoms with Crippen LogP contribution in [0, 0.1) is 6.92 Å². The molecular weight excluding hydrogens is 298 g/mol. The zero-order valence-corrected chi connectivity index (χ0v) is 13.0. The maximum absolute atomic E-state index is 11.7. The van der Waals surface area contributed by atoms with E-state index in [0.717, 1.165) is 11.1 Å². The Morgan fingerprint density at radius 2 is 2.18 bits per heavy atom. The average Bonchev–Trinajstić information content (AvgIpc) is 3.01. The summed E-state index contributed by atoms with van der Waals surface area (Å²) in [6.45, 7) is 2.21. The van der Waals surface area contributed by atoms with Gasteiger partial charge >= 0.3 is 0 Å². The van der Waals surface area contributed by atoms with Gasteiger partial charge in [0.15, 0.2) is 0 Å². The Bertz CT molecular complexity index is 649. The van der Waals surface area contributed by atoms with Crippen molar-refractivity contribution in [2.75, 3.05) is 11.9 Å². The first kappa shape index (κ1) is 15.9. The first-order valence-corrected chi connectivity index (χ1v) is 7.78. The van der Waals surface area contributed by atoms with E-state index < -0.39 is 0 Å². The number of nitrogens with one attached hydrogen (secondary N) is 2. The van der Waals surface area contributed by atoms with Crippen LogP contribution < -0.4 is 10.6 Å². The van der Waals surface area contributed by atoms with Crippen molar-refractivity contribution in [1.82, 2.24) is 10.3 Å². The van der Waals surface area contributed by atoms with E-state index in [0.29, 0.717) is 5.82 Å². The molecule has 2 amide bonds. The third-order valence-corrected chi connectivity index (χ3v) is 3.50. The number of carbonyl (C=O) groups is 2. The van der Waals surface area contributed by atoms with Crippen LogP contribution in [0.25, 0.3) is 6.08 Å². The fraction of sp³-hybridized carbons (Fsp3) is 0.188. The van der Waals surface area contributed by atoms with Crippen molar-refractivity contribution in [3.05, 3.63) is 52.4 Å². The van der Waals surface area contributed by atoms with Crippen LogP contribution in [0.1, 0.15) is 17.5 Å². The minimum absolute atomic E-state index is 0.182. The maximum atomic E-state index is 11.7. The van der Waals surface area contributed by atoms with Crippen molar-refractivity contribution < 1.29 is 9.59 Å². The second-order valence-corrected chi connectivity index (χ2v) is 5.48. The summed E-state index contributed by atoms with van der Waals surface area (Å²) >= 11 is 1.57. The molecule has 0 atom stereocenters. The highest BCUT2D eigenvalue weighted by Crippen LogP contribution is 2.07. The molecule has 0 aliphatic carbocycles. The van der Waals surface area contributed by atoms with Gasteiger partial charge in [0.05, 0.1) is 0 Å². The maximum Gasteiger partial charge on any atom is 0.244 e. The lowest BCUT2D eigenvalue weighted by molar-refractivity contribution is -0.117. The molecule has 0 bridgehead atoms. The molecule has 114 valence electrons. The summed E-state index contributed by atoms with van der Waals surface area (Å²) in [4.78, 5) is 27.4. The van der Waals surface area contributed by atoms with Gasteiger partial charge in [-0.15, -0.1) is 0 Å². The molecule has 0 saturated carbocycles. The van der Waals surface area contributed by atoms with E-state index in [2.05, 4.69) is 15.6 Å². The molecule has 0 saturated heterocycles. The number of pyridine rings is 1. The summed E-state index contributed by atoms with van der Waals surface area (Å²) < 4.78 is 0. The van der Waals surface area contributed by atoms with Gasteiger partial charge in [0.2, 0.25) is 11.8 Å². The van der Waals surface area contributed by atoms with Gasteiger partial charge in [-0.3, -0.25) is 9.59 Å². The summed E-state index contributed by atoms with van der Waals surface area (Å²) in [5.41, 5.74) is 2.02. The van der Waals surface area contributed by atoms with E-state index >= 15 is 0 Å². The second kappa shape index (κ2) is 8.09. The Hall–Kier alpha value is -2.47. The Balaban J connectivity index is 1.68. The van der Waals surface area contributed by atoms with Crippen molar-refractivity contribution in [3.63, 3.8) is 0 Å². The van der Waals surface area contributed by atoms with E-state index in [1.807, 2.05) is 29.8 Å². The minimum atomic E-state index is -0.215. The standard InChI is InChI=1S/C16H17N3O2S/c1-12-2-4-14(18-10-12)19-16(21)6-8-17-15(20)5-3-13-7-9-22-11-13/h2-5,7,9-11H,6,8H2,1H3,(H,17,20)(H,18,19,21)/b5-3+. The molecule has 0 radical (unpaired) electrons. The summed E-state index contributed by atoms with van der Waals surface area (Å²) in [6.07, 6.45) is 5.09. The molecule has 2 N–H and O–H groups in total. The number of aromatic nitrogens is 1. The van der Waals surface area contributed by atoms with Crippen molar-refractivity contribution in [2.45, 2.75) is 13.3 Å². The smallest absolute Gasteiger partial charge is 0.244 e. The van der Waals surface area contributed by atoms with Crippen LogP contribution in [-0.2, 0) is 9.59 Å². The number of rotatable bonds is 6. The molecule has 0 aromatic carbocycles. The lowest BCUT2D eigenvalue weighted by atomic mass is 10.3. The van der Waals surface area contributed by atoms with Crippen LogP contribution in [0.3, 0.4) is 0 Å². The Kier molecular flexibility index (Phi) is 5.85. The van der Waals surface area contributed by atoms with Gasteiger partial charge in [-0.25, -0.2) is 4.98 Å². The first-order chi connectivity index (χ1) is 10.6. The summed E-state index contributed by atoms with van der Waals surface area (Å²) in [6, 6.07) is 5.55. The van der Waals surface area contributed by atoms with Crippen molar-refractivity contribution >= 4 is 35.0 Å². The van der Waals surface area contributed by atoms with E-state index in [-0.39, 0.29) is 24.8 Å². The molecule has 0 unspecified atom stereocenters. The molecule has 2 aromatic heterocycles. The molecule has 2 heterocycles. The highest BCUT2D eigenvalue weighted by atomic mass is 32.1. The number of aryl methyl sites for hydroxylation is 1. The monoisotopic (exact) mass is 315 g/mol. The molecule has 5 nitrogen and oxygen atoms in total. The third kappa shape index (κ3) is 5.49. The van der Waals surface area contributed by atoms with E-state index in [1.54, 1.807) is 29.7 Å². The Labute approximate surface area is 133 Å². The van der Waals surface area contributed by atoms with Crippen LogP contribution in [-0.4, -0.2) is 23.3 Å². The van der Waals surface area contributed by atoms with Gasteiger partial charge < -0.3 is 10.6 Å². The number of nitrogens with zero attached hydrogens (tertiary/aromatic N) is 1. The highest BCUT2D eigenvalue weighted by Gasteiger charge is 2.04. The van der Waals surface area contributed by atoms with Crippen LogP contribution in [0.4, 0.5) is 5.82 Å².